The minimum Gasteiger partial charge on any atom is -0.379 e. The van der Waals surface area contributed by atoms with Gasteiger partial charge in [-0.25, -0.2) is 4.39 Å². The molecule has 1 aliphatic rings. The molecule has 2 heterocycles. The number of ether oxygens (including phenoxy) is 1. The van der Waals surface area contributed by atoms with Gasteiger partial charge in [-0.2, -0.15) is 0 Å². The molecular formula is C23H26FN3O2. The van der Waals surface area contributed by atoms with Gasteiger partial charge in [-0.15, -0.1) is 0 Å². The molecule has 1 saturated heterocycles. The number of hydrogen-bond acceptors (Lipinski definition) is 3. The Hall–Kier alpha value is -2.70. The number of aromatic nitrogens is 1. The van der Waals surface area contributed by atoms with Crippen LogP contribution in [0.4, 0.5) is 4.39 Å². The Morgan fingerprint density at radius 2 is 1.83 bits per heavy atom. The van der Waals surface area contributed by atoms with Gasteiger partial charge in [0.25, 0.3) is 0 Å². The predicted molar refractivity (Wildman–Crippen MR) is 111 cm³/mol. The van der Waals surface area contributed by atoms with Crippen molar-refractivity contribution in [3.8, 4) is 0 Å². The third-order valence-corrected chi connectivity index (χ3v) is 5.49. The van der Waals surface area contributed by atoms with Crippen LogP contribution in [0.2, 0.25) is 0 Å². The highest BCUT2D eigenvalue weighted by molar-refractivity contribution is 5.80. The summed E-state index contributed by atoms with van der Waals surface area (Å²) >= 11 is 0. The monoisotopic (exact) mass is 395 g/mol. The summed E-state index contributed by atoms with van der Waals surface area (Å²) in [5.74, 6) is -0.236. The quantitative estimate of drug-likeness (QED) is 0.667. The van der Waals surface area contributed by atoms with E-state index in [0.717, 1.165) is 24.2 Å². The van der Waals surface area contributed by atoms with E-state index in [1.54, 1.807) is 12.1 Å². The zero-order valence-corrected chi connectivity index (χ0v) is 16.4. The van der Waals surface area contributed by atoms with Gasteiger partial charge >= 0.3 is 0 Å². The largest absolute Gasteiger partial charge is 0.379 e. The molecule has 5 nitrogen and oxygen atoms in total. The second-order valence-electron chi connectivity index (χ2n) is 7.34. The number of nitrogens with zero attached hydrogens (tertiary/aromatic N) is 2. The molecule has 0 radical (unpaired) electrons. The van der Waals surface area contributed by atoms with Crippen LogP contribution in [0.5, 0.6) is 0 Å². The van der Waals surface area contributed by atoms with Gasteiger partial charge in [0.1, 0.15) is 5.82 Å². The number of halogens is 1. The molecule has 1 aliphatic heterocycles. The normalized spacial score (nSPS) is 16.0. The Morgan fingerprint density at radius 1 is 1.07 bits per heavy atom. The smallest absolute Gasteiger partial charge is 0.221 e. The summed E-state index contributed by atoms with van der Waals surface area (Å²) < 4.78 is 20.9. The fourth-order valence-electron chi connectivity index (χ4n) is 3.89. The van der Waals surface area contributed by atoms with Crippen LogP contribution in [0.15, 0.2) is 60.8 Å². The molecule has 0 bridgehead atoms. The van der Waals surface area contributed by atoms with Crippen molar-refractivity contribution >= 4 is 16.8 Å². The number of carbonyl (C=O) groups excluding carboxylic acids is 1. The number of nitrogens with one attached hydrogen (secondary N) is 1. The van der Waals surface area contributed by atoms with Crippen molar-refractivity contribution < 1.29 is 13.9 Å². The lowest BCUT2D eigenvalue weighted by Crippen LogP contribution is -2.43. The molecule has 1 amide bonds. The first kappa shape index (κ1) is 19.6. The van der Waals surface area contributed by atoms with Gasteiger partial charge in [-0.1, -0.05) is 30.3 Å². The van der Waals surface area contributed by atoms with Crippen LogP contribution < -0.4 is 5.32 Å². The van der Waals surface area contributed by atoms with Crippen LogP contribution in [0.3, 0.4) is 0 Å². The van der Waals surface area contributed by atoms with E-state index in [-0.39, 0.29) is 17.8 Å². The van der Waals surface area contributed by atoms with Gasteiger partial charge in [-0.05, 0) is 35.2 Å². The Bertz CT molecular complexity index is 948. The molecule has 1 atom stereocenters. The van der Waals surface area contributed by atoms with Crippen LogP contribution >= 0.6 is 0 Å². The topological polar surface area (TPSA) is 46.5 Å². The SMILES string of the molecule is O=C(CCn1ccc2ccccc21)NCC(c1ccc(F)cc1)N1CCOCC1. The van der Waals surface area contributed by atoms with E-state index in [1.165, 1.54) is 17.5 Å². The standard InChI is InChI=1S/C23H26FN3O2/c24-20-7-5-19(6-8-20)22(27-13-15-29-16-14-27)17-25-23(28)10-12-26-11-9-18-3-1-2-4-21(18)26/h1-9,11,22H,10,12-17H2,(H,25,28). The fraction of sp³-hybridized carbons (Fsp3) is 0.348. The number of aryl methyl sites for hydroxylation is 1. The molecule has 0 aliphatic carbocycles. The third kappa shape index (κ3) is 4.83. The van der Waals surface area contributed by atoms with Crippen molar-refractivity contribution in [3.63, 3.8) is 0 Å². The Kier molecular flexibility index (Phi) is 6.22. The van der Waals surface area contributed by atoms with E-state index in [4.69, 9.17) is 4.74 Å². The molecule has 1 aromatic heterocycles. The van der Waals surface area contributed by atoms with Gasteiger partial charge in [0, 0.05) is 44.3 Å². The third-order valence-electron chi connectivity index (χ3n) is 5.49. The Morgan fingerprint density at radius 3 is 2.62 bits per heavy atom. The number of para-hydroxylation sites is 1. The number of hydrogen-bond donors (Lipinski definition) is 1. The summed E-state index contributed by atoms with van der Waals surface area (Å²) in [6, 6.07) is 16.8. The summed E-state index contributed by atoms with van der Waals surface area (Å²) in [7, 11) is 0. The van der Waals surface area contributed by atoms with Gasteiger partial charge in [0.2, 0.25) is 5.91 Å². The maximum absolute atomic E-state index is 13.3. The number of amides is 1. The molecule has 3 aromatic rings. The lowest BCUT2D eigenvalue weighted by molar-refractivity contribution is -0.121. The molecule has 0 spiro atoms. The first-order valence-corrected chi connectivity index (χ1v) is 10.1. The predicted octanol–water partition coefficient (Wildman–Crippen LogP) is 3.36. The van der Waals surface area contributed by atoms with E-state index >= 15 is 0 Å². The van der Waals surface area contributed by atoms with Crippen LogP contribution in [-0.2, 0) is 16.1 Å². The maximum atomic E-state index is 13.3. The molecule has 4 rings (SSSR count). The second kappa shape index (κ2) is 9.20. The maximum Gasteiger partial charge on any atom is 0.221 e. The van der Waals surface area contributed by atoms with Gasteiger partial charge in [0.05, 0.1) is 19.3 Å². The number of carbonyl (C=O) groups is 1. The van der Waals surface area contributed by atoms with Crippen LogP contribution in [-0.4, -0.2) is 48.2 Å². The zero-order chi connectivity index (χ0) is 20.1. The van der Waals surface area contributed by atoms with Gasteiger partial charge in [0.15, 0.2) is 0 Å². The molecule has 1 N–H and O–H groups in total. The van der Waals surface area contributed by atoms with Crippen molar-refractivity contribution in [2.45, 2.75) is 19.0 Å². The minimum atomic E-state index is -0.252. The van der Waals surface area contributed by atoms with E-state index in [2.05, 4.69) is 33.0 Å². The first-order valence-electron chi connectivity index (χ1n) is 10.1. The highest BCUT2D eigenvalue weighted by Gasteiger charge is 2.23. The average molecular weight is 395 g/mol. The van der Waals surface area contributed by atoms with E-state index < -0.39 is 0 Å². The molecular weight excluding hydrogens is 369 g/mol. The van der Waals surface area contributed by atoms with Crippen molar-refractivity contribution in [3.05, 3.63) is 72.2 Å². The molecule has 29 heavy (non-hydrogen) atoms. The van der Waals surface area contributed by atoms with E-state index in [1.807, 2.05) is 18.3 Å². The van der Waals surface area contributed by atoms with Crippen molar-refractivity contribution in [2.24, 2.45) is 0 Å². The number of fused-ring (bicyclic) bond motifs is 1. The first-order chi connectivity index (χ1) is 14.2. The number of morpholine rings is 1. The lowest BCUT2D eigenvalue weighted by atomic mass is 10.0. The number of rotatable bonds is 7. The summed E-state index contributed by atoms with van der Waals surface area (Å²) in [6.07, 6.45) is 2.44. The Balaban J connectivity index is 1.37. The van der Waals surface area contributed by atoms with Crippen LogP contribution in [0.1, 0.15) is 18.0 Å². The average Bonchev–Trinajstić information content (AvgIpc) is 3.17. The second-order valence-corrected chi connectivity index (χ2v) is 7.34. The van der Waals surface area contributed by atoms with E-state index in [9.17, 15) is 9.18 Å². The fourth-order valence-corrected chi connectivity index (χ4v) is 3.89. The molecule has 0 saturated carbocycles. The van der Waals surface area contributed by atoms with Gasteiger partial charge < -0.3 is 14.6 Å². The van der Waals surface area contributed by atoms with Crippen LogP contribution in [0.25, 0.3) is 10.9 Å². The van der Waals surface area contributed by atoms with E-state index in [0.29, 0.717) is 32.7 Å². The summed E-state index contributed by atoms with van der Waals surface area (Å²) in [6.45, 7) is 4.08. The van der Waals surface area contributed by atoms with Crippen molar-refractivity contribution in [1.29, 1.82) is 0 Å². The minimum absolute atomic E-state index is 0.0101. The molecule has 1 fully saturated rings. The molecule has 2 aromatic carbocycles. The number of benzene rings is 2. The highest BCUT2D eigenvalue weighted by Crippen LogP contribution is 2.22. The van der Waals surface area contributed by atoms with Crippen LogP contribution in [0, 0.1) is 5.82 Å². The Labute approximate surface area is 170 Å². The molecule has 6 heteroatoms. The highest BCUT2D eigenvalue weighted by atomic mass is 19.1. The zero-order valence-electron chi connectivity index (χ0n) is 16.4. The van der Waals surface area contributed by atoms with Crippen molar-refractivity contribution in [1.82, 2.24) is 14.8 Å². The van der Waals surface area contributed by atoms with Gasteiger partial charge in [-0.3, -0.25) is 9.69 Å². The summed E-state index contributed by atoms with van der Waals surface area (Å²) in [5, 5.41) is 4.25. The molecule has 1 unspecified atom stereocenters. The summed E-state index contributed by atoms with van der Waals surface area (Å²) in [4.78, 5) is 14.8. The lowest BCUT2D eigenvalue weighted by Gasteiger charge is -2.35. The van der Waals surface area contributed by atoms with Crippen molar-refractivity contribution in [2.75, 3.05) is 32.8 Å². The summed E-state index contributed by atoms with van der Waals surface area (Å²) in [5.41, 5.74) is 2.14. The molecule has 152 valence electrons.